The first-order valence-electron chi connectivity index (χ1n) is 8.46. The zero-order valence-electron chi connectivity index (χ0n) is 14.6. The lowest BCUT2D eigenvalue weighted by atomic mass is 10.1. The number of benzene rings is 2. The van der Waals surface area contributed by atoms with Crippen molar-refractivity contribution in [3.63, 3.8) is 0 Å². The van der Waals surface area contributed by atoms with E-state index in [1.807, 2.05) is 36.4 Å². The third-order valence-corrected chi connectivity index (χ3v) is 4.14. The lowest BCUT2D eigenvalue weighted by Gasteiger charge is -2.14. The standard InChI is InChI=1S/C21H21N3O2/c1-16-8-2-3-9-17(16)14-22-18-10-4-5-11-19(18)23-20(25)15-24-13-7-6-12-21(24)26/h2-13,22H,14-15H2,1H3,(H,23,25). The lowest BCUT2D eigenvalue weighted by Crippen LogP contribution is -2.26. The van der Waals surface area contributed by atoms with Crippen molar-refractivity contribution < 1.29 is 4.79 Å². The first-order chi connectivity index (χ1) is 12.6. The minimum atomic E-state index is -0.247. The number of pyridine rings is 1. The van der Waals surface area contributed by atoms with Crippen LogP contribution in [0.2, 0.25) is 0 Å². The second kappa shape index (κ2) is 8.16. The molecule has 0 atom stereocenters. The van der Waals surface area contributed by atoms with Crippen LogP contribution < -0.4 is 16.2 Å². The first kappa shape index (κ1) is 17.5. The maximum Gasteiger partial charge on any atom is 0.250 e. The van der Waals surface area contributed by atoms with Crippen LogP contribution in [0.15, 0.2) is 77.7 Å². The first-order valence-corrected chi connectivity index (χ1v) is 8.46. The molecule has 0 bridgehead atoms. The smallest absolute Gasteiger partial charge is 0.250 e. The van der Waals surface area contributed by atoms with Crippen LogP contribution in [0, 0.1) is 6.92 Å². The second-order valence-corrected chi connectivity index (χ2v) is 6.04. The van der Waals surface area contributed by atoms with E-state index in [0.717, 1.165) is 5.69 Å². The van der Waals surface area contributed by atoms with Gasteiger partial charge < -0.3 is 15.2 Å². The third kappa shape index (κ3) is 4.39. The van der Waals surface area contributed by atoms with E-state index in [0.29, 0.717) is 12.2 Å². The van der Waals surface area contributed by atoms with Crippen LogP contribution in [0.5, 0.6) is 0 Å². The second-order valence-electron chi connectivity index (χ2n) is 6.04. The van der Waals surface area contributed by atoms with Crippen molar-refractivity contribution >= 4 is 17.3 Å². The highest BCUT2D eigenvalue weighted by Gasteiger charge is 2.08. The van der Waals surface area contributed by atoms with Gasteiger partial charge in [-0.3, -0.25) is 9.59 Å². The Bertz CT molecular complexity index is 963. The van der Waals surface area contributed by atoms with Gasteiger partial charge in [-0.2, -0.15) is 0 Å². The van der Waals surface area contributed by atoms with Crippen molar-refractivity contribution in [2.24, 2.45) is 0 Å². The fourth-order valence-electron chi connectivity index (χ4n) is 2.68. The summed E-state index contributed by atoms with van der Waals surface area (Å²) in [6.45, 7) is 2.71. The molecule has 2 aromatic carbocycles. The van der Waals surface area contributed by atoms with Crippen LogP contribution in [0.3, 0.4) is 0 Å². The molecule has 1 heterocycles. The van der Waals surface area contributed by atoms with Crippen molar-refractivity contribution in [2.75, 3.05) is 10.6 Å². The molecule has 0 aliphatic rings. The Labute approximate surface area is 152 Å². The molecule has 5 nitrogen and oxygen atoms in total. The van der Waals surface area contributed by atoms with Gasteiger partial charge in [0.1, 0.15) is 6.54 Å². The minimum Gasteiger partial charge on any atom is -0.379 e. The van der Waals surface area contributed by atoms with Crippen LogP contribution in [-0.4, -0.2) is 10.5 Å². The molecule has 5 heteroatoms. The van der Waals surface area contributed by atoms with Gasteiger partial charge in [-0.05, 0) is 36.2 Å². The molecule has 2 N–H and O–H groups in total. The highest BCUT2D eigenvalue weighted by molar-refractivity contribution is 5.94. The Balaban J connectivity index is 1.69. The summed E-state index contributed by atoms with van der Waals surface area (Å²) in [6, 6.07) is 20.5. The summed E-state index contributed by atoms with van der Waals surface area (Å²) in [5.74, 6) is -0.247. The average molecular weight is 347 g/mol. The summed E-state index contributed by atoms with van der Waals surface area (Å²) in [6.07, 6.45) is 1.60. The highest BCUT2D eigenvalue weighted by atomic mass is 16.2. The number of carbonyl (C=O) groups excluding carboxylic acids is 1. The minimum absolute atomic E-state index is 0.0220. The number of amides is 1. The summed E-state index contributed by atoms with van der Waals surface area (Å²) >= 11 is 0. The molecular weight excluding hydrogens is 326 g/mol. The van der Waals surface area contributed by atoms with Gasteiger partial charge in [-0.1, -0.05) is 42.5 Å². The number of hydrogen-bond donors (Lipinski definition) is 2. The van der Waals surface area contributed by atoms with Crippen LogP contribution >= 0.6 is 0 Å². The number of para-hydroxylation sites is 2. The van der Waals surface area contributed by atoms with E-state index in [2.05, 4.69) is 29.7 Å². The third-order valence-electron chi connectivity index (χ3n) is 4.14. The van der Waals surface area contributed by atoms with Crippen molar-refractivity contribution in [3.8, 4) is 0 Å². The molecule has 1 amide bonds. The van der Waals surface area contributed by atoms with E-state index < -0.39 is 0 Å². The zero-order valence-corrected chi connectivity index (χ0v) is 14.6. The van der Waals surface area contributed by atoms with Crippen molar-refractivity contribution in [3.05, 3.63) is 94.4 Å². The Kier molecular flexibility index (Phi) is 5.49. The fraction of sp³-hybridized carbons (Fsp3) is 0.143. The van der Waals surface area contributed by atoms with Gasteiger partial charge in [0.2, 0.25) is 5.91 Å². The number of hydrogen-bond acceptors (Lipinski definition) is 3. The Morgan fingerprint density at radius 3 is 2.38 bits per heavy atom. The van der Waals surface area contributed by atoms with Gasteiger partial charge in [-0.15, -0.1) is 0 Å². The predicted molar refractivity (Wildman–Crippen MR) is 104 cm³/mol. The average Bonchev–Trinajstić information content (AvgIpc) is 2.64. The van der Waals surface area contributed by atoms with E-state index in [9.17, 15) is 9.59 Å². The summed E-state index contributed by atoms with van der Waals surface area (Å²) < 4.78 is 1.37. The Morgan fingerprint density at radius 1 is 0.923 bits per heavy atom. The molecule has 26 heavy (non-hydrogen) atoms. The molecule has 0 saturated carbocycles. The number of aryl methyl sites for hydroxylation is 1. The number of rotatable bonds is 6. The largest absolute Gasteiger partial charge is 0.379 e. The molecule has 0 aliphatic carbocycles. The van der Waals surface area contributed by atoms with Crippen molar-refractivity contribution in [1.29, 1.82) is 0 Å². The molecule has 0 unspecified atom stereocenters. The normalized spacial score (nSPS) is 10.3. The van der Waals surface area contributed by atoms with E-state index >= 15 is 0 Å². The Hall–Kier alpha value is -3.34. The molecule has 3 aromatic rings. The molecule has 0 saturated heterocycles. The molecule has 0 spiro atoms. The summed E-state index contributed by atoms with van der Waals surface area (Å²) in [5.41, 5.74) is 3.74. The van der Waals surface area contributed by atoms with E-state index in [1.54, 1.807) is 18.3 Å². The van der Waals surface area contributed by atoms with E-state index in [-0.39, 0.29) is 18.0 Å². The predicted octanol–water partition coefficient (Wildman–Crippen LogP) is 3.41. The number of nitrogens with zero attached hydrogens (tertiary/aromatic N) is 1. The number of anilines is 2. The number of carbonyl (C=O) groups is 1. The topological polar surface area (TPSA) is 63.1 Å². The molecule has 1 aromatic heterocycles. The van der Waals surface area contributed by atoms with E-state index in [1.165, 1.54) is 21.8 Å². The Morgan fingerprint density at radius 2 is 1.62 bits per heavy atom. The van der Waals surface area contributed by atoms with Crippen LogP contribution in [0.25, 0.3) is 0 Å². The monoisotopic (exact) mass is 347 g/mol. The van der Waals surface area contributed by atoms with Crippen LogP contribution in [0.4, 0.5) is 11.4 Å². The molecule has 0 aliphatic heterocycles. The number of aromatic nitrogens is 1. The quantitative estimate of drug-likeness (QED) is 0.718. The zero-order chi connectivity index (χ0) is 18.4. The fourth-order valence-corrected chi connectivity index (χ4v) is 2.68. The van der Waals surface area contributed by atoms with Crippen molar-refractivity contribution in [1.82, 2.24) is 4.57 Å². The van der Waals surface area contributed by atoms with Crippen molar-refractivity contribution in [2.45, 2.75) is 20.0 Å². The van der Waals surface area contributed by atoms with Gasteiger partial charge in [0.05, 0.1) is 11.4 Å². The SMILES string of the molecule is Cc1ccccc1CNc1ccccc1NC(=O)Cn1ccccc1=O. The molecule has 3 rings (SSSR count). The highest BCUT2D eigenvalue weighted by Crippen LogP contribution is 2.22. The van der Waals surface area contributed by atoms with Gasteiger partial charge in [0.25, 0.3) is 5.56 Å². The summed E-state index contributed by atoms with van der Waals surface area (Å²) in [5, 5.41) is 6.24. The number of nitrogens with one attached hydrogen (secondary N) is 2. The van der Waals surface area contributed by atoms with Gasteiger partial charge in [-0.25, -0.2) is 0 Å². The molecule has 132 valence electrons. The summed E-state index contributed by atoms with van der Waals surface area (Å²) in [7, 11) is 0. The van der Waals surface area contributed by atoms with E-state index in [4.69, 9.17) is 0 Å². The van der Waals surface area contributed by atoms with Crippen LogP contribution in [0.1, 0.15) is 11.1 Å². The van der Waals surface area contributed by atoms with Gasteiger partial charge >= 0.3 is 0 Å². The maximum absolute atomic E-state index is 12.3. The molecular formula is C21H21N3O2. The summed E-state index contributed by atoms with van der Waals surface area (Å²) in [4.78, 5) is 24.1. The lowest BCUT2D eigenvalue weighted by molar-refractivity contribution is -0.116. The van der Waals surface area contributed by atoms with Crippen LogP contribution in [-0.2, 0) is 17.9 Å². The molecule has 0 fully saturated rings. The molecule has 0 radical (unpaired) electrons. The van der Waals surface area contributed by atoms with Gasteiger partial charge in [0, 0.05) is 18.8 Å². The van der Waals surface area contributed by atoms with Gasteiger partial charge in [0.15, 0.2) is 0 Å². The maximum atomic E-state index is 12.3.